The van der Waals surface area contributed by atoms with Crippen LogP contribution < -0.4 is 4.74 Å². The van der Waals surface area contributed by atoms with Crippen LogP contribution in [0.4, 0.5) is 4.39 Å². The van der Waals surface area contributed by atoms with Crippen molar-refractivity contribution in [3.8, 4) is 5.75 Å². The number of rotatable bonds is 5. The molecule has 1 saturated heterocycles. The Bertz CT molecular complexity index is 504. The summed E-state index contributed by atoms with van der Waals surface area (Å²) in [4.78, 5) is 0. The molecule has 0 N–H and O–H groups in total. The largest absolute Gasteiger partial charge is 0.493 e. The Labute approximate surface area is 106 Å². The van der Waals surface area contributed by atoms with E-state index >= 15 is 0 Å². The lowest BCUT2D eigenvalue weighted by molar-refractivity contribution is 0.291. The quantitative estimate of drug-likeness (QED) is 0.766. The van der Waals surface area contributed by atoms with Crippen LogP contribution in [0.25, 0.3) is 0 Å². The topological polar surface area (TPSA) is 46.6 Å². The molecular weight excluding hydrogens is 257 g/mol. The van der Waals surface area contributed by atoms with Crippen molar-refractivity contribution in [1.29, 1.82) is 0 Å². The number of halogens is 1. The van der Waals surface area contributed by atoms with Gasteiger partial charge in [0.1, 0.15) is 11.6 Å². The maximum absolute atomic E-state index is 12.9. The molecule has 6 heteroatoms. The Morgan fingerprint density at radius 1 is 1.39 bits per heavy atom. The van der Waals surface area contributed by atoms with E-state index in [1.165, 1.54) is 16.4 Å². The Balaban J connectivity index is 1.73. The van der Waals surface area contributed by atoms with Crippen molar-refractivity contribution in [2.24, 2.45) is 0 Å². The third kappa shape index (κ3) is 3.43. The fourth-order valence-corrected chi connectivity index (χ4v) is 3.50. The van der Waals surface area contributed by atoms with Crippen molar-refractivity contribution in [1.82, 2.24) is 4.31 Å². The van der Waals surface area contributed by atoms with Gasteiger partial charge in [-0.25, -0.2) is 17.1 Å². The highest BCUT2D eigenvalue weighted by Crippen LogP contribution is 2.15. The SMILES string of the molecule is O=S1(=O)CCCN1CCCOc1cccc(F)c1. The van der Waals surface area contributed by atoms with Gasteiger partial charge >= 0.3 is 0 Å². The highest BCUT2D eigenvalue weighted by molar-refractivity contribution is 7.89. The van der Waals surface area contributed by atoms with Crippen LogP contribution in [0, 0.1) is 5.82 Å². The van der Waals surface area contributed by atoms with E-state index in [0.717, 1.165) is 0 Å². The van der Waals surface area contributed by atoms with Gasteiger partial charge in [0, 0.05) is 19.2 Å². The molecule has 1 aromatic carbocycles. The molecule has 18 heavy (non-hydrogen) atoms. The minimum Gasteiger partial charge on any atom is -0.493 e. The van der Waals surface area contributed by atoms with Crippen LogP contribution >= 0.6 is 0 Å². The maximum atomic E-state index is 12.9. The summed E-state index contributed by atoms with van der Waals surface area (Å²) >= 11 is 0. The van der Waals surface area contributed by atoms with Crippen LogP contribution in [0.2, 0.25) is 0 Å². The number of nitrogens with zero attached hydrogens (tertiary/aromatic N) is 1. The maximum Gasteiger partial charge on any atom is 0.214 e. The molecule has 0 aromatic heterocycles. The smallest absolute Gasteiger partial charge is 0.214 e. The van der Waals surface area contributed by atoms with E-state index in [1.807, 2.05) is 0 Å². The van der Waals surface area contributed by atoms with E-state index in [1.54, 1.807) is 12.1 Å². The molecule has 1 aliphatic rings. The predicted octanol–water partition coefficient (Wildman–Crippen LogP) is 1.63. The molecule has 0 bridgehead atoms. The molecule has 0 radical (unpaired) electrons. The van der Waals surface area contributed by atoms with Crippen molar-refractivity contribution in [3.05, 3.63) is 30.1 Å². The molecular formula is C12H16FNO3S. The van der Waals surface area contributed by atoms with Gasteiger partial charge in [-0.3, -0.25) is 0 Å². The summed E-state index contributed by atoms with van der Waals surface area (Å²) in [7, 11) is -3.02. The zero-order valence-electron chi connectivity index (χ0n) is 10.0. The molecule has 0 amide bonds. The first-order chi connectivity index (χ1) is 8.58. The molecule has 0 spiro atoms. The molecule has 2 rings (SSSR count). The molecule has 1 aliphatic heterocycles. The highest BCUT2D eigenvalue weighted by Gasteiger charge is 2.27. The number of ether oxygens (including phenoxy) is 1. The van der Waals surface area contributed by atoms with Crippen molar-refractivity contribution in [2.75, 3.05) is 25.4 Å². The number of hydrogen-bond donors (Lipinski definition) is 0. The van der Waals surface area contributed by atoms with Crippen LogP contribution in [-0.2, 0) is 10.0 Å². The molecule has 0 aliphatic carbocycles. The first kappa shape index (κ1) is 13.3. The van der Waals surface area contributed by atoms with E-state index in [2.05, 4.69) is 0 Å². The fraction of sp³-hybridized carbons (Fsp3) is 0.500. The Kier molecular flexibility index (Phi) is 4.19. The van der Waals surface area contributed by atoms with Crippen molar-refractivity contribution >= 4 is 10.0 Å². The molecule has 0 atom stereocenters. The molecule has 0 saturated carbocycles. The third-order valence-corrected chi connectivity index (χ3v) is 4.78. The van der Waals surface area contributed by atoms with E-state index in [4.69, 9.17) is 4.74 Å². The lowest BCUT2D eigenvalue weighted by Gasteiger charge is -2.14. The van der Waals surface area contributed by atoms with Crippen molar-refractivity contribution in [3.63, 3.8) is 0 Å². The predicted molar refractivity (Wildman–Crippen MR) is 66.5 cm³/mol. The number of benzene rings is 1. The summed E-state index contributed by atoms with van der Waals surface area (Å²) in [6.07, 6.45) is 1.31. The minimum atomic E-state index is -3.02. The summed E-state index contributed by atoms with van der Waals surface area (Å²) in [5.74, 6) is 0.381. The second-order valence-corrected chi connectivity index (χ2v) is 6.32. The third-order valence-electron chi connectivity index (χ3n) is 2.82. The van der Waals surface area contributed by atoms with Crippen molar-refractivity contribution in [2.45, 2.75) is 12.8 Å². The second-order valence-electron chi connectivity index (χ2n) is 4.23. The van der Waals surface area contributed by atoms with Gasteiger partial charge in [0.25, 0.3) is 0 Å². The van der Waals surface area contributed by atoms with Gasteiger partial charge in [-0.15, -0.1) is 0 Å². The van der Waals surface area contributed by atoms with Gasteiger partial charge < -0.3 is 4.74 Å². The van der Waals surface area contributed by atoms with Gasteiger partial charge in [0.05, 0.1) is 12.4 Å². The van der Waals surface area contributed by atoms with Gasteiger partial charge in [-0.05, 0) is 25.0 Å². The Morgan fingerprint density at radius 2 is 2.22 bits per heavy atom. The lowest BCUT2D eigenvalue weighted by atomic mass is 10.3. The number of sulfonamides is 1. The van der Waals surface area contributed by atoms with Crippen LogP contribution in [0.15, 0.2) is 24.3 Å². The first-order valence-corrected chi connectivity index (χ1v) is 7.55. The zero-order valence-corrected chi connectivity index (χ0v) is 10.8. The molecule has 1 aromatic rings. The van der Waals surface area contributed by atoms with Crippen molar-refractivity contribution < 1.29 is 17.5 Å². The van der Waals surface area contributed by atoms with Gasteiger partial charge in [0.15, 0.2) is 0 Å². The van der Waals surface area contributed by atoms with Gasteiger partial charge in [-0.1, -0.05) is 6.07 Å². The molecule has 1 heterocycles. The number of hydrogen-bond acceptors (Lipinski definition) is 3. The molecule has 4 nitrogen and oxygen atoms in total. The van der Waals surface area contributed by atoms with E-state index < -0.39 is 10.0 Å². The van der Waals surface area contributed by atoms with Crippen LogP contribution in [0.5, 0.6) is 5.75 Å². The second kappa shape index (κ2) is 5.67. The van der Waals surface area contributed by atoms with Crippen LogP contribution in [-0.4, -0.2) is 38.2 Å². The van der Waals surface area contributed by atoms with E-state index in [9.17, 15) is 12.8 Å². The average molecular weight is 273 g/mol. The van der Waals surface area contributed by atoms with Crippen LogP contribution in [0.3, 0.4) is 0 Å². The Hall–Kier alpha value is -1.14. The fourth-order valence-electron chi connectivity index (χ4n) is 1.93. The summed E-state index contributed by atoms with van der Waals surface area (Å²) in [6, 6.07) is 5.92. The zero-order chi connectivity index (χ0) is 13.0. The standard InChI is InChI=1S/C12H16FNO3S/c13-11-4-1-5-12(10-11)17-8-2-6-14-7-3-9-18(14,15)16/h1,4-5,10H,2-3,6-9H2. The summed E-state index contributed by atoms with van der Waals surface area (Å²) in [6.45, 7) is 1.45. The van der Waals surface area contributed by atoms with Crippen LogP contribution in [0.1, 0.15) is 12.8 Å². The highest BCUT2D eigenvalue weighted by atomic mass is 32.2. The molecule has 0 unspecified atom stereocenters. The lowest BCUT2D eigenvalue weighted by Crippen LogP contribution is -2.27. The first-order valence-electron chi connectivity index (χ1n) is 5.94. The summed E-state index contributed by atoms with van der Waals surface area (Å²) < 4.78 is 42.7. The minimum absolute atomic E-state index is 0.248. The summed E-state index contributed by atoms with van der Waals surface area (Å²) in [5, 5.41) is 0. The van der Waals surface area contributed by atoms with Gasteiger partial charge in [0.2, 0.25) is 10.0 Å². The summed E-state index contributed by atoms with van der Waals surface area (Å²) in [5.41, 5.74) is 0. The Morgan fingerprint density at radius 3 is 2.89 bits per heavy atom. The molecule has 100 valence electrons. The monoisotopic (exact) mass is 273 g/mol. The normalized spacial score (nSPS) is 18.9. The average Bonchev–Trinajstić information content (AvgIpc) is 2.64. The van der Waals surface area contributed by atoms with E-state index in [0.29, 0.717) is 38.3 Å². The van der Waals surface area contributed by atoms with Gasteiger partial charge in [-0.2, -0.15) is 0 Å². The van der Waals surface area contributed by atoms with E-state index in [-0.39, 0.29) is 11.6 Å². The molecule has 1 fully saturated rings.